The lowest BCUT2D eigenvalue weighted by atomic mass is 10.1. The standard InChI is InChI=1S/C22H32O4Si/c1-22(2,3)27(18-11-6-4-7-12-18,19-13-8-5-9-14-19)26-16-10-15-20(24)21(25)17-23/h4-9,11-14,20-21,23-25H,10,15-17H2,1-3H3/t20-,21+/m1/s1. The van der Waals surface area contributed by atoms with Crippen molar-refractivity contribution in [3.8, 4) is 0 Å². The lowest BCUT2D eigenvalue weighted by molar-refractivity contribution is -0.0196. The monoisotopic (exact) mass is 388 g/mol. The molecule has 2 aromatic carbocycles. The highest BCUT2D eigenvalue weighted by atomic mass is 28.4. The second kappa shape index (κ2) is 9.62. The van der Waals surface area contributed by atoms with Crippen LogP contribution in [-0.4, -0.2) is 49.1 Å². The molecule has 0 radical (unpaired) electrons. The smallest absolute Gasteiger partial charge is 0.261 e. The van der Waals surface area contributed by atoms with Crippen LogP contribution in [0.5, 0.6) is 0 Å². The lowest BCUT2D eigenvalue weighted by Crippen LogP contribution is -2.66. The average Bonchev–Trinajstić information content (AvgIpc) is 2.67. The Morgan fingerprint density at radius 3 is 1.74 bits per heavy atom. The summed E-state index contributed by atoms with van der Waals surface area (Å²) in [5, 5.41) is 30.7. The van der Waals surface area contributed by atoms with Crippen LogP contribution in [0.15, 0.2) is 60.7 Å². The molecule has 0 saturated heterocycles. The normalized spacial score (nSPS) is 14.7. The topological polar surface area (TPSA) is 69.9 Å². The van der Waals surface area contributed by atoms with E-state index in [1.807, 2.05) is 12.1 Å². The number of hydrogen-bond donors (Lipinski definition) is 3. The van der Waals surface area contributed by atoms with Gasteiger partial charge in [-0.3, -0.25) is 0 Å². The summed E-state index contributed by atoms with van der Waals surface area (Å²) < 4.78 is 6.71. The molecule has 2 atom stereocenters. The van der Waals surface area contributed by atoms with Gasteiger partial charge in [-0.15, -0.1) is 0 Å². The molecule has 0 aliphatic heterocycles. The summed E-state index contributed by atoms with van der Waals surface area (Å²) in [6.45, 7) is 6.73. The van der Waals surface area contributed by atoms with Crippen LogP contribution < -0.4 is 10.4 Å². The van der Waals surface area contributed by atoms with E-state index in [1.165, 1.54) is 10.4 Å². The van der Waals surface area contributed by atoms with Gasteiger partial charge in [0.05, 0.1) is 12.7 Å². The summed E-state index contributed by atoms with van der Waals surface area (Å²) in [5.74, 6) is 0. The number of benzene rings is 2. The van der Waals surface area contributed by atoms with E-state index in [-0.39, 0.29) is 5.04 Å². The van der Waals surface area contributed by atoms with Crippen LogP contribution in [0.1, 0.15) is 33.6 Å². The molecule has 5 heteroatoms. The average molecular weight is 389 g/mol. The van der Waals surface area contributed by atoms with E-state index < -0.39 is 27.1 Å². The van der Waals surface area contributed by atoms with Crippen molar-refractivity contribution in [2.24, 2.45) is 0 Å². The zero-order valence-electron chi connectivity index (χ0n) is 16.5. The molecule has 0 unspecified atom stereocenters. The molecule has 0 fully saturated rings. The van der Waals surface area contributed by atoms with E-state index in [9.17, 15) is 10.2 Å². The maximum absolute atomic E-state index is 9.89. The maximum Gasteiger partial charge on any atom is 0.261 e. The van der Waals surface area contributed by atoms with Gasteiger partial charge in [0.25, 0.3) is 8.32 Å². The Bertz CT molecular complexity index is 630. The molecule has 2 rings (SSSR count). The molecular weight excluding hydrogens is 356 g/mol. The van der Waals surface area contributed by atoms with Gasteiger partial charge in [-0.05, 0) is 28.3 Å². The first-order valence-electron chi connectivity index (χ1n) is 9.55. The maximum atomic E-state index is 9.89. The minimum Gasteiger partial charge on any atom is -0.407 e. The van der Waals surface area contributed by atoms with Crippen molar-refractivity contribution in [3.05, 3.63) is 60.7 Å². The summed E-state index contributed by atoms with van der Waals surface area (Å²) in [7, 11) is -2.55. The first-order chi connectivity index (χ1) is 12.8. The fourth-order valence-corrected chi connectivity index (χ4v) is 8.20. The predicted octanol–water partition coefficient (Wildman–Crippen LogP) is 2.06. The van der Waals surface area contributed by atoms with Crippen LogP contribution in [0, 0.1) is 0 Å². The Kier molecular flexibility index (Phi) is 7.76. The number of aliphatic hydroxyl groups is 3. The molecule has 0 aliphatic rings. The van der Waals surface area contributed by atoms with Gasteiger partial charge >= 0.3 is 0 Å². The van der Waals surface area contributed by atoms with Gasteiger partial charge in [0, 0.05) is 6.61 Å². The van der Waals surface area contributed by atoms with Crippen LogP contribution in [0.25, 0.3) is 0 Å². The molecule has 0 bridgehead atoms. The van der Waals surface area contributed by atoms with Crippen molar-refractivity contribution < 1.29 is 19.7 Å². The van der Waals surface area contributed by atoms with E-state index in [1.54, 1.807) is 0 Å². The molecule has 4 nitrogen and oxygen atoms in total. The second-order valence-corrected chi connectivity index (χ2v) is 12.3. The summed E-state index contributed by atoms with van der Waals surface area (Å²) in [6, 6.07) is 20.8. The lowest BCUT2D eigenvalue weighted by Gasteiger charge is -2.43. The molecule has 3 N–H and O–H groups in total. The fraction of sp³-hybridized carbons (Fsp3) is 0.455. The number of rotatable bonds is 9. The van der Waals surface area contributed by atoms with Gasteiger partial charge in [0.1, 0.15) is 6.10 Å². The van der Waals surface area contributed by atoms with Crippen LogP contribution in [0.4, 0.5) is 0 Å². The Morgan fingerprint density at radius 2 is 1.33 bits per heavy atom. The summed E-state index contributed by atoms with van der Waals surface area (Å²) >= 11 is 0. The molecule has 0 amide bonds. The van der Waals surface area contributed by atoms with E-state index >= 15 is 0 Å². The highest BCUT2D eigenvalue weighted by molar-refractivity contribution is 6.99. The molecule has 0 spiro atoms. The largest absolute Gasteiger partial charge is 0.407 e. The first kappa shape index (κ1) is 21.8. The van der Waals surface area contributed by atoms with E-state index in [4.69, 9.17) is 9.53 Å². The zero-order valence-corrected chi connectivity index (χ0v) is 17.5. The van der Waals surface area contributed by atoms with Crippen LogP contribution in [0.3, 0.4) is 0 Å². The molecule has 148 valence electrons. The summed E-state index contributed by atoms with van der Waals surface area (Å²) in [6.07, 6.45) is -1.03. The Morgan fingerprint density at radius 1 is 0.852 bits per heavy atom. The third-order valence-electron chi connectivity index (χ3n) is 5.01. The molecule has 0 heterocycles. The first-order valence-corrected chi connectivity index (χ1v) is 11.5. The molecular formula is C22H32O4Si. The highest BCUT2D eigenvalue weighted by Crippen LogP contribution is 2.36. The van der Waals surface area contributed by atoms with Crippen molar-refractivity contribution >= 4 is 18.7 Å². The van der Waals surface area contributed by atoms with Gasteiger partial charge < -0.3 is 19.7 Å². The van der Waals surface area contributed by atoms with Crippen LogP contribution in [0.2, 0.25) is 5.04 Å². The second-order valence-electron chi connectivity index (χ2n) is 7.97. The van der Waals surface area contributed by atoms with Crippen molar-refractivity contribution in [3.63, 3.8) is 0 Å². The summed E-state index contributed by atoms with van der Waals surface area (Å²) in [4.78, 5) is 0. The molecule has 0 aromatic heterocycles. The van der Waals surface area contributed by atoms with Crippen LogP contribution in [-0.2, 0) is 4.43 Å². The fourth-order valence-electron chi connectivity index (χ4n) is 3.59. The Labute approximate surface area is 163 Å². The van der Waals surface area contributed by atoms with Gasteiger partial charge in [0.2, 0.25) is 0 Å². The zero-order chi connectivity index (χ0) is 19.9. The minimum absolute atomic E-state index is 0.0844. The van der Waals surface area contributed by atoms with Gasteiger partial charge in [0.15, 0.2) is 0 Å². The minimum atomic E-state index is -2.55. The highest BCUT2D eigenvalue weighted by Gasteiger charge is 2.49. The third kappa shape index (κ3) is 5.06. The molecule has 0 saturated carbocycles. The molecule has 27 heavy (non-hydrogen) atoms. The predicted molar refractivity (Wildman–Crippen MR) is 112 cm³/mol. The third-order valence-corrected chi connectivity index (χ3v) is 10.1. The van der Waals surface area contributed by atoms with Crippen molar-refractivity contribution in [1.82, 2.24) is 0 Å². The van der Waals surface area contributed by atoms with Gasteiger partial charge in [-0.2, -0.15) is 0 Å². The van der Waals surface area contributed by atoms with Gasteiger partial charge in [-0.1, -0.05) is 81.4 Å². The van der Waals surface area contributed by atoms with E-state index in [0.29, 0.717) is 19.4 Å². The SMILES string of the molecule is CC(C)(C)[Si](OCCC[C@@H](O)[C@@H](O)CO)(c1ccccc1)c1ccccc1. The van der Waals surface area contributed by atoms with Crippen molar-refractivity contribution in [1.29, 1.82) is 0 Å². The molecule has 0 aliphatic carbocycles. The van der Waals surface area contributed by atoms with E-state index in [2.05, 4.69) is 69.3 Å². The number of aliphatic hydroxyl groups excluding tert-OH is 3. The van der Waals surface area contributed by atoms with Gasteiger partial charge in [-0.25, -0.2) is 0 Å². The van der Waals surface area contributed by atoms with Crippen molar-refractivity contribution in [2.45, 2.75) is 50.9 Å². The molecule has 2 aromatic rings. The Hall–Kier alpha value is -1.50. The summed E-state index contributed by atoms with van der Waals surface area (Å²) in [5.41, 5.74) is 0. The Balaban J connectivity index is 2.30. The quantitative estimate of drug-likeness (QED) is 0.454. The van der Waals surface area contributed by atoms with E-state index in [0.717, 1.165) is 0 Å². The van der Waals surface area contributed by atoms with Crippen molar-refractivity contribution in [2.75, 3.05) is 13.2 Å². The van der Waals surface area contributed by atoms with Crippen LogP contribution >= 0.6 is 0 Å². The number of hydrogen-bond acceptors (Lipinski definition) is 4.